The number of aromatic amines is 1. The van der Waals surface area contributed by atoms with Gasteiger partial charge >= 0.3 is 0 Å². The molecule has 7 heteroatoms. The maximum Gasteiger partial charge on any atom is 0.244 e. The molecule has 104 valence electrons. The number of nitrogens with one attached hydrogen (secondary N) is 2. The van der Waals surface area contributed by atoms with Crippen LogP contribution in [-0.4, -0.2) is 29.3 Å². The fourth-order valence-corrected chi connectivity index (χ4v) is 3.61. The highest BCUT2D eigenvalue weighted by atomic mass is 32.2. The molecule has 0 aromatic carbocycles. The molecule has 0 atom stereocenters. The van der Waals surface area contributed by atoms with E-state index in [4.69, 9.17) is 5.11 Å². The zero-order valence-electron chi connectivity index (χ0n) is 11.2. The lowest BCUT2D eigenvalue weighted by Crippen LogP contribution is -2.45. The van der Waals surface area contributed by atoms with Gasteiger partial charge in [0.25, 0.3) is 0 Å². The monoisotopic (exact) mass is 275 g/mol. The zero-order valence-corrected chi connectivity index (χ0v) is 12.1. The van der Waals surface area contributed by atoms with Gasteiger partial charge in [-0.15, -0.1) is 0 Å². The first-order valence-corrected chi connectivity index (χ1v) is 7.46. The highest BCUT2D eigenvalue weighted by Crippen LogP contribution is 2.22. The van der Waals surface area contributed by atoms with E-state index >= 15 is 0 Å². The summed E-state index contributed by atoms with van der Waals surface area (Å²) in [6.07, 6.45) is 1.38. The first-order chi connectivity index (χ1) is 8.29. The van der Waals surface area contributed by atoms with Crippen molar-refractivity contribution < 1.29 is 13.5 Å². The van der Waals surface area contributed by atoms with Crippen LogP contribution in [0.2, 0.25) is 0 Å². The quantitative estimate of drug-likeness (QED) is 0.723. The summed E-state index contributed by atoms with van der Waals surface area (Å²) < 4.78 is 27.4. The third-order valence-electron chi connectivity index (χ3n) is 3.32. The molecule has 0 radical (unpaired) electrons. The van der Waals surface area contributed by atoms with Gasteiger partial charge in [-0.3, -0.25) is 5.10 Å². The van der Waals surface area contributed by atoms with Crippen LogP contribution in [0.1, 0.15) is 45.0 Å². The minimum atomic E-state index is -3.68. The van der Waals surface area contributed by atoms with Crippen LogP contribution in [0.15, 0.2) is 4.90 Å². The summed E-state index contributed by atoms with van der Waals surface area (Å²) in [5.74, 6) is 0. The second kappa shape index (κ2) is 5.38. The highest BCUT2D eigenvalue weighted by molar-refractivity contribution is 7.89. The Labute approximate surface area is 108 Å². The molecular weight excluding hydrogens is 254 g/mol. The third kappa shape index (κ3) is 2.90. The van der Waals surface area contributed by atoms with Gasteiger partial charge in [0.15, 0.2) is 0 Å². The Morgan fingerprint density at radius 3 is 2.39 bits per heavy atom. The molecule has 0 aliphatic heterocycles. The maximum atomic E-state index is 12.3. The lowest BCUT2D eigenvalue weighted by atomic mass is 9.98. The van der Waals surface area contributed by atoms with Crippen molar-refractivity contribution in [3.63, 3.8) is 0 Å². The van der Waals surface area contributed by atoms with E-state index in [1.165, 1.54) is 0 Å². The smallest absolute Gasteiger partial charge is 0.244 e. The second-order valence-electron chi connectivity index (χ2n) is 4.66. The standard InChI is InChI=1S/C11H21N3O3S/c1-5-11(4,6-2)14-18(16,17)10-8(3)12-13-9(10)7-15/h14-15H,5-7H2,1-4H3,(H,12,13). The Balaban J connectivity index is 3.18. The van der Waals surface area contributed by atoms with E-state index in [0.29, 0.717) is 18.5 Å². The van der Waals surface area contributed by atoms with Crippen molar-refractivity contribution in [2.75, 3.05) is 0 Å². The maximum absolute atomic E-state index is 12.3. The molecule has 0 fully saturated rings. The van der Waals surface area contributed by atoms with Gasteiger partial charge in [-0.2, -0.15) is 5.10 Å². The molecule has 1 rings (SSSR count). The average molecular weight is 275 g/mol. The summed E-state index contributed by atoms with van der Waals surface area (Å²) >= 11 is 0. The number of aryl methyl sites for hydroxylation is 1. The highest BCUT2D eigenvalue weighted by Gasteiger charge is 2.31. The summed E-state index contributed by atoms with van der Waals surface area (Å²) in [5.41, 5.74) is 0.0885. The number of nitrogens with zero attached hydrogens (tertiary/aromatic N) is 1. The van der Waals surface area contributed by atoms with Gasteiger partial charge in [-0.05, 0) is 26.7 Å². The van der Waals surface area contributed by atoms with E-state index < -0.39 is 22.2 Å². The summed E-state index contributed by atoms with van der Waals surface area (Å²) in [7, 11) is -3.68. The van der Waals surface area contributed by atoms with E-state index in [-0.39, 0.29) is 10.6 Å². The molecule has 0 amide bonds. The lowest BCUT2D eigenvalue weighted by molar-refractivity contribution is 0.273. The van der Waals surface area contributed by atoms with Gasteiger partial charge in [-0.25, -0.2) is 13.1 Å². The van der Waals surface area contributed by atoms with Crippen LogP contribution in [0, 0.1) is 6.92 Å². The summed E-state index contributed by atoms with van der Waals surface area (Å²) in [4.78, 5) is 0.0538. The van der Waals surface area contributed by atoms with Crippen molar-refractivity contribution in [1.82, 2.24) is 14.9 Å². The molecule has 0 bridgehead atoms. The van der Waals surface area contributed by atoms with Crippen LogP contribution in [0.25, 0.3) is 0 Å². The Morgan fingerprint density at radius 2 is 1.94 bits per heavy atom. The number of hydrogen-bond donors (Lipinski definition) is 3. The molecule has 0 spiro atoms. The van der Waals surface area contributed by atoms with E-state index in [0.717, 1.165) is 0 Å². The predicted molar refractivity (Wildman–Crippen MR) is 68.6 cm³/mol. The molecule has 0 unspecified atom stereocenters. The molecule has 1 aromatic rings. The molecule has 1 aromatic heterocycles. The van der Waals surface area contributed by atoms with Crippen molar-refractivity contribution in [3.8, 4) is 0 Å². The fraction of sp³-hybridized carbons (Fsp3) is 0.727. The number of sulfonamides is 1. The second-order valence-corrected chi connectivity index (χ2v) is 6.28. The number of hydrogen-bond acceptors (Lipinski definition) is 4. The van der Waals surface area contributed by atoms with E-state index in [1.54, 1.807) is 6.92 Å². The van der Waals surface area contributed by atoms with Gasteiger partial charge < -0.3 is 5.11 Å². The number of aliphatic hydroxyl groups is 1. The fourth-order valence-electron chi connectivity index (χ4n) is 1.70. The minimum Gasteiger partial charge on any atom is -0.390 e. The van der Waals surface area contributed by atoms with Crippen molar-refractivity contribution in [1.29, 1.82) is 0 Å². The topological polar surface area (TPSA) is 95.1 Å². The van der Waals surface area contributed by atoms with Gasteiger partial charge in [0.2, 0.25) is 10.0 Å². The molecule has 3 N–H and O–H groups in total. The van der Waals surface area contributed by atoms with Crippen LogP contribution < -0.4 is 4.72 Å². The summed E-state index contributed by atoms with van der Waals surface area (Å²) in [6, 6.07) is 0. The largest absolute Gasteiger partial charge is 0.390 e. The lowest BCUT2D eigenvalue weighted by Gasteiger charge is -2.27. The zero-order chi connectivity index (χ0) is 14.0. The first kappa shape index (κ1) is 15.1. The molecule has 1 heterocycles. The van der Waals surface area contributed by atoms with Crippen LogP contribution in [0.4, 0.5) is 0 Å². The van der Waals surface area contributed by atoms with Crippen molar-refractivity contribution in [2.24, 2.45) is 0 Å². The van der Waals surface area contributed by atoms with Crippen molar-refractivity contribution >= 4 is 10.0 Å². The Hall–Kier alpha value is -0.920. The normalized spacial score (nSPS) is 12.9. The van der Waals surface area contributed by atoms with Gasteiger partial charge in [0.05, 0.1) is 12.3 Å². The van der Waals surface area contributed by atoms with Crippen LogP contribution >= 0.6 is 0 Å². The average Bonchev–Trinajstić information content (AvgIpc) is 2.70. The minimum absolute atomic E-state index is 0.0538. The SMILES string of the molecule is CCC(C)(CC)NS(=O)(=O)c1c(CO)n[nH]c1C. The third-order valence-corrected chi connectivity index (χ3v) is 5.16. The van der Waals surface area contributed by atoms with Crippen molar-refractivity contribution in [2.45, 2.75) is 57.6 Å². The van der Waals surface area contributed by atoms with Crippen LogP contribution in [-0.2, 0) is 16.6 Å². The molecular formula is C11H21N3O3S. The molecule has 18 heavy (non-hydrogen) atoms. The van der Waals surface area contributed by atoms with Gasteiger partial charge in [-0.1, -0.05) is 13.8 Å². The Morgan fingerprint density at radius 1 is 1.39 bits per heavy atom. The van der Waals surface area contributed by atoms with Crippen LogP contribution in [0.5, 0.6) is 0 Å². The Bertz CT molecular complexity index is 504. The molecule has 0 aliphatic carbocycles. The molecule has 6 nitrogen and oxygen atoms in total. The molecule has 0 saturated heterocycles. The van der Waals surface area contributed by atoms with Gasteiger partial charge in [0.1, 0.15) is 10.6 Å². The van der Waals surface area contributed by atoms with E-state index in [2.05, 4.69) is 14.9 Å². The van der Waals surface area contributed by atoms with Crippen LogP contribution in [0.3, 0.4) is 0 Å². The first-order valence-electron chi connectivity index (χ1n) is 5.98. The van der Waals surface area contributed by atoms with Gasteiger partial charge in [0, 0.05) is 5.54 Å². The van der Waals surface area contributed by atoms with E-state index in [9.17, 15) is 8.42 Å². The molecule has 0 aliphatic rings. The Kier molecular flexibility index (Phi) is 4.52. The number of aromatic nitrogens is 2. The number of H-pyrrole nitrogens is 1. The number of aliphatic hydroxyl groups excluding tert-OH is 1. The summed E-state index contributed by atoms with van der Waals surface area (Å²) in [5, 5.41) is 15.5. The predicted octanol–water partition coefficient (Wildman–Crippen LogP) is 1.07. The number of rotatable bonds is 6. The summed E-state index contributed by atoms with van der Waals surface area (Å²) in [6.45, 7) is 6.94. The van der Waals surface area contributed by atoms with E-state index in [1.807, 2.05) is 20.8 Å². The molecule has 0 saturated carbocycles. The van der Waals surface area contributed by atoms with Crippen molar-refractivity contribution in [3.05, 3.63) is 11.4 Å².